The van der Waals surface area contributed by atoms with Crippen molar-refractivity contribution < 1.29 is 4.79 Å². The molecule has 1 aliphatic carbocycles. The minimum absolute atomic E-state index is 0.0174. The maximum absolute atomic E-state index is 13.3. The number of pyridine rings is 1. The van der Waals surface area contributed by atoms with Crippen LogP contribution in [0.15, 0.2) is 41.2 Å². The zero-order valence-electron chi connectivity index (χ0n) is 17.2. The van der Waals surface area contributed by atoms with Crippen LogP contribution in [0.4, 0.5) is 0 Å². The summed E-state index contributed by atoms with van der Waals surface area (Å²) in [5.41, 5.74) is 3.49. The number of piperidine rings is 1. The fourth-order valence-corrected chi connectivity index (χ4v) is 5.72. The predicted octanol–water partition coefficient (Wildman–Crippen LogP) is 4.03. The summed E-state index contributed by atoms with van der Waals surface area (Å²) >= 11 is 0. The van der Waals surface area contributed by atoms with Gasteiger partial charge in [-0.05, 0) is 61.4 Å². The molecule has 2 aliphatic heterocycles. The maximum Gasteiger partial charge on any atom is 0.254 e. The van der Waals surface area contributed by atoms with E-state index in [9.17, 15) is 9.59 Å². The van der Waals surface area contributed by atoms with Crippen LogP contribution in [0.5, 0.6) is 0 Å². The number of fused-ring (bicyclic) bond motifs is 4. The normalized spacial score (nSPS) is 23.5. The number of likely N-dealkylation sites (tertiary alicyclic amines) is 1. The second-order valence-electron chi connectivity index (χ2n) is 9.16. The molecule has 2 unspecified atom stereocenters. The van der Waals surface area contributed by atoms with Gasteiger partial charge < -0.3 is 9.47 Å². The summed E-state index contributed by atoms with van der Waals surface area (Å²) in [5.74, 6) is 0.968. The quantitative estimate of drug-likeness (QED) is 0.763. The third-order valence-electron chi connectivity index (χ3n) is 7.23. The molecule has 0 radical (unpaired) electrons. The van der Waals surface area contributed by atoms with E-state index in [-0.39, 0.29) is 17.4 Å². The molecule has 2 bridgehead atoms. The van der Waals surface area contributed by atoms with Gasteiger partial charge in [-0.25, -0.2) is 0 Å². The largest absolute Gasteiger partial charge is 0.338 e. The standard InChI is InChI=1S/C25H27N3O2/c26-13-17-6-8-20(9-7-17)24(29)27-14-18-12-21(16-27)23-11-10-22(25(30)28(23)15-18)19-4-2-1-3-5-19/h6-11,18-19,21H,1-5,12,14-16H2. The average molecular weight is 402 g/mol. The molecular weight excluding hydrogens is 374 g/mol. The highest BCUT2D eigenvalue weighted by Crippen LogP contribution is 2.37. The van der Waals surface area contributed by atoms with Crippen molar-refractivity contribution in [3.05, 3.63) is 69.1 Å². The van der Waals surface area contributed by atoms with Crippen LogP contribution in [0.2, 0.25) is 0 Å². The SMILES string of the molecule is N#Cc1ccc(C(=O)N2CC3CC(C2)c2ccc(C4CCCCC4)c(=O)n2C3)cc1. The molecule has 5 rings (SSSR count). The third-order valence-corrected chi connectivity index (χ3v) is 7.23. The van der Waals surface area contributed by atoms with Crippen LogP contribution >= 0.6 is 0 Å². The van der Waals surface area contributed by atoms with Gasteiger partial charge in [-0.15, -0.1) is 0 Å². The molecule has 2 atom stereocenters. The fourth-order valence-electron chi connectivity index (χ4n) is 5.72. The van der Waals surface area contributed by atoms with E-state index >= 15 is 0 Å². The summed E-state index contributed by atoms with van der Waals surface area (Å²) in [6.45, 7) is 2.05. The lowest BCUT2D eigenvalue weighted by atomic mass is 9.81. The summed E-state index contributed by atoms with van der Waals surface area (Å²) in [6, 6.07) is 13.2. The first-order valence-electron chi connectivity index (χ1n) is 11.2. The molecule has 2 aromatic rings. The number of amides is 1. The van der Waals surface area contributed by atoms with Crippen molar-refractivity contribution in [1.82, 2.24) is 9.47 Å². The van der Waals surface area contributed by atoms with Crippen LogP contribution in [0.25, 0.3) is 0 Å². The molecule has 5 heteroatoms. The first-order valence-corrected chi connectivity index (χ1v) is 11.2. The predicted molar refractivity (Wildman–Crippen MR) is 114 cm³/mol. The summed E-state index contributed by atoms with van der Waals surface area (Å²) in [4.78, 5) is 28.3. The van der Waals surface area contributed by atoms with E-state index < -0.39 is 0 Å². The Labute approximate surface area is 176 Å². The van der Waals surface area contributed by atoms with Crippen molar-refractivity contribution in [3.8, 4) is 6.07 Å². The Morgan fingerprint density at radius 3 is 2.43 bits per heavy atom. The Bertz CT molecular complexity index is 1060. The summed E-state index contributed by atoms with van der Waals surface area (Å²) in [7, 11) is 0. The van der Waals surface area contributed by atoms with E-state index in [0.717, 1.165) is 30.5 Å². The Morgan fingerprint density at radius 1 is 0.933 bits per heavy atom. The van der Waals surface area contributed by atoms with Gasteiger partial charge in [-0.3, -0.25) is 9.59 Å². The highest BCUT2D eigenvalue weighted by molar-refractivity contribution is 5.94. The van der Waals surface area contributed by atoms with Gasteiger partial charge in [0.2, 0.25) is 0 Å². The molecule has 1 saturated heterocycles. The van der Waals surface area contributed by atoms with Crippen LogP contribution in [-0.2, 0) is 6.54 Å². The molecule has 1 aromatic carbocycles. The monoisotopic (exact) mass is 401 g/mol. The van der Waals surface area contributed by atoms with E-state index in [1.807, 2.05) is 9.47 Å². The van der Waals surface area contributed by atoms with Crippen molar-refractivity contribution in [1.29, 1.82) is 5.26 Å². The molecule has 2 fully saturated rings. The molecule has 3 heterocycles. The average Bonchev–Trinajstić information content (AvgIpc) is 2.80. The van der Waals surface area contributed by atoms with Gasteiger partial charge in [0.05, 0.1) is 11.6 Å². The Hall–Kier alpha value is -2.87. The third kappa shape index (κ3) is 3.35. The first-order chi connectivity index (χ1) is 14.6. The lowest BCUT2D eigenvalue weighted by Crippen LogP contribution is -2.49. The summed E-state index contributed by atoms with van der Waals surface area (Å²) < 4.78 is 2.02. The maximum atomic E-state index is 13.3. The second kappa shape index (κ2) is 7.75. The van der Waals surface area contributed by atoms with Crippen LogP contribution < -0.4 is 5.56 Å². The number of nitrogens with zero attached hydrogens (tertiary/aromatic N) is 3. The van der Waals surface area contributed by atoms with E-state index in [1.54, 1.807) is 24.3 Å². The zero-order valence-corrected chi connectivity index (χ0v) is 17.2. The fraction of sp³-hybridized carbons (Fsp3) is 0.480. The number of benzene rings is 1. The highest BCUT2D eigenvalue weighted by Gasteiger charge is 2.37. The molecule has 1 saturated carbocycles. The molecule has 3 aliphatic rings. The van der Waals surface area contributed by atoms with Crippen LogP contribution in [0.3, 0.4) is 0 Å². The molecule has 5 nitrogen and oxygen atoms in total. The molecular formula is C25H27N3O2. The van der Waals surface area contributed by atoms with Gasteiger partial charge in [0.1, 0.15) is 0 Å². The van der Waals surface area contributed by atoms with E-state index in [1.165, 1.54) is 19.3 Å². The van der Waals surface area contributed by atoms with Gasteiger partial charge in [-0.1, -0.05) is 25.3 Å². The van der Waals surface area contributed by atoms with E-state index in [4.69, 9.17) is 5.26 Å². The first kappa shape index (κ1) is 19.1. The number of rotatable bonds is 2. The van der Waals surface area contributed by atoms with Gasteiger partial charge in [0.25, 0.3) is 11.5 Å². The minimum atomic E-state index is 0.0174. The smallest absolute Gasteiger partial charge is 0.254 e. The van der Waals surface area contributed by atoms with Gasteiger partial charge in [0.15, 0.2) is 0 Å². The van der Waals surface area contributed by atoms with Crippen molar-refractivity contribution in [2.24, 2.45) is 5.92 Å². The molecule has 0 spiro atoms. The van der Waals surface area contributed by atoms with Gasteiger partial charge >= 0.3 is 0 Å². The summed E-state index contributed by atoms with van der Waals surface area (Å²) in [6.07, 6.45) is 7.05. The van der Waals surface area contributed by atoms with Gasteiger partial charge in [-0.2, -0.15) is 5.26 Å². The number of carbonyl (C=O) groups excluding carboxylic acids is 1. The molecule has 154 valence electrons. The second-order valence-corrected chi connectivity index (χ2v) is 9.16. The number of hydrogen-bond acceptors (Lipinski definition) is 3. The number of nitriles is 1. The van der Waals surface area contributed by atoms with E-state index in [0.29, 0.717) is 42.6 Å². The molecule has 1 amide bonds. The van der Waals surface area contributed by atoms with E-state index in [2.05, 4.69) is 18.2 Å². The van der Waals surface area contributed by atoms with Crippen molar-refractivity contribution >= 4 is 5.91 Å². The highest BCUT2D eigenvalue weighted by atomic mass is 16.2. The lowest BCUT2D eigenvalue weighted by molar-refractivity contribution is 0.0594. The number of aromatic nitrogens is 1. The van der Waals surface area contributed by atoms with Crippen LogP contribution in [0.1, 0.15) is 77.5 Å². The minimum Gasteiger partial charge on any atom is -0.338 e. The number of carbonyl (C=O) groups is 1. The summed E-state index contributed by atoms with van der Waals surface area (Å²) in [5, 5.41) is 8.97. The van der Waals surface area contributed by atoms with Crippen molar-refractivity contribution in [3.63, 3.8) is 0 Å². The molecule has 30 heavy (non-hydrogen) atoms. The Kier molecular flexibility index (Phi) is 4.94. The zero-order chi connectivity index (χ0) is 20.7. The lowest BCUT2D eigenvalue weighted by Gasteiger charge is -2.43. The van der Waals surface area contributed by atoms with Crippen molar-refractivity contribution in [2.75, 3.05) is 13.1 Å². The van der Waals surface area contributed by atoms with Crippen LogP contribution in [0, 0.1) is 17.2 Å². The topological polar surface area (TPSA) is 66.1 Å². The molecule has 1 aromatic heterocycles. The van der Waals surface area contributed by atoms with Crippen molar-refractivity contribution in [2.45, 2.75) is 56.9 Å². The van der Waals surface area contributed by atoms with Crippen LogP contribution in [-0.4, -0.2) is 28.5 Å². The molecule has 0 N–H and O–H groups in total. The van der Waals surface area contributed by atoms with Gasteiger partial charge in [0, 0.05) is 42.4 Å². The number of hydrogen-bond donors (Lipinski definition) is 0. The Balaban J connectivity index is 1.39. The Morgan fingerprint density at radius 2 is 1.70 bits per heavy atom.